The Kier molecular flexibility index (Phi) is 5.21. The SMILES string of the molecule is COc1ccc(CCNC[C@@H]2C(=O)O[C@@H]3C[C@]4(C)CCC[C@@H](C)[C@]45O[C@H]5[C@@H]23)cc1OC. The molecule has 2 aliphatic heterocycles. The minimum Gasteiger partial charge on any atom is -0.493 e. The maximum atomic E-state index is 12.8. The highest BCUT2D eigenvalue weighted by molar-refractivity contribution is 5.76. The van der Waals surface area contributed by atoms with Crippen LogP contribution in [0.3, 0.4) is 0 Å². The molecule has 1 aromatic rings. The van der Waals surface area contributed by atoms with Crippen molar-refractivity contribution in [3.05, 3.63) is 23.8 Å². The molecule has 2 heterocycles. The zero-order valence-corrected chi connectivity index (χ0v) is 19.1. The summed E-state index contributed by atoms with van der Waals surface area (Å²) in [5.74, 6) is 2.07. The first kappa shape index (κ1) is 21.1. The van der Waals surface area contributed by atoms with Crippen molar-refractivity contribution in [2.24, 2.45) is 23.2 Å². The van der Waals surface area contributed by atoms with Crippen molar-refractivity contribution in [2.45, 2.75) is 63.8 Å². The Labute approximate surface area is 185 Å². The summed E-state index contributed by atoms with van der Waals surface area (Å²) in [6, 6.07) is 5.99. The molecule has 5 rings (SSSR count). The second kappa shape index (κ2) is 7.66. The summed E-state index contributed by atoms with van der Waals surface area (Å²) in [6.45, 7) is 6.14. The monoisotopic (exact) mass is 429 g/mol. The highest BCUT2D eigenvalue weighted by Crippen LogP contribution is 2.70. The predicted octanol–water partition coefficient (Wildman–Crippen LogP) is 3.36. The molecule has 31 heavy (non-hydrogen) atoms. The number of esters is 1. The standard InChI is InChI=1S/C25H35NO5/c1-15-6-5-10-24(2)13-20-21(22-25(15,24)31-22)17(23(27)30-20)14-26-11-9-16-7-8-18(28-3)19(12-16)29-4/h7-8,12,15,17,20-22,26H,5-6,9-11,13-14H2,1-4H3/t15-,17+,20-,21+,22+,24+,25-/m1/s1. The van der Waals surface area contributed by atoms with Crippen LogP contribution in [0.15, 0.2) is 18.2 Å². The van der Waals surface area contributed by atoms with Crippen molar-refractivity contribution in [1.82, 2.24) is 5.32 Å². The van der Waals surface area contributed by atoms with E-state index in [9.17, 15) is 4.79 Å². The van der Waals surface area contributed by atoms with E-state index in [1.807, 2.05) is 12.1 Å². The van der Waals surface area contributed by atoms with Crippen LogP contribution in [-0.2, 0) is 20.7 Å². The van der Waals surface area contributed by atoms with Crippen LogP contribution in [0.1, 0.15) is 45.1 Å². The smallest absolute Gasteiger partial charge is 0.311 e. The Morgan fingerprint density at radius 1 is 1.23 bits per heavy atom. The van der Waals surface area contributed by atoms with Crippen molar-refractivity contribution in [1.29, 1.82) is 0 Å². The average Bonchev–Trinajstić information content (AvgIpc) is 3.44. The van der Waals surface area contributed by atoms with Crippen molar-refractivity contribution >= 4 is 5.97 Å². The zero-order chi connectivity index (χ0) is 21.8. The van der Waals surface area contributed by atoms with Gasteiger partial charge in [0.15, 0.2) is 11.5 Å². The van der Waals surface area contributed by atoms with Crippen molar-refractivity contribution in [3.63, 3.8) is 0 Å². The molecule has 170 valence electrons. The Hall–Kier alpha value is -1.79. The Morgan fingerprint density at radius 3 is 2.81 bits per heavy atom. The summed E-state index contributed by atoms with van der Waals surface area (Å²) >= 11 is 0. The molecule has 2 saturated heterocycles. The molecule has 0 bridgehead atoms. The van der Waals surface area contributed by atoms with E-state index in [0.29, 0.717) is 12.5 Å². The number of carbonyl (C=O) groups excluding carboxylic acids is 1. The second-order valence-electron chi connectivity index (χ2n) is 10.2. The summed E-state index contributed by atoms with van der Waals surface area (Å²) in [4.78, 5) is 12.8. The van der Waals surface area contributed by atoms with Gasteiger partial charge >= 0.3 is 5.97 Å². The van der Waals surface area contributed by atoms with Crippen molar-refractivity contribution < 1.29 is 23.7 Å². The molecule has 1 spiro atoms. The number of hydrogen-bond donors (Lipinski definition) is 1. The Morgan fingerprint density at radius 2 is 2.03 bits per heavy atom. The molecule has 0 amide bonds. The zero-order valence-electron chi connectivity index (χ0n) is 19.1. The van der Waals surface area contributed by atoms with E-state index in [0.717, 1.165) is 30.9 Å². The number of ether oxygens (including phenoxy) is 4. The molecule has 0 radical (unpaired) electrons. The van der Waals surface area contributed by atoms with Gasteiger partial charge in [-0.05, 0) is 55.8 Å². The number of carbonyl (C=O) groups is 1. The lowest BCUT2D eigenvalue weighted by Gasteiger charge is -2.48. The Bertz CT molecular complexity index is 858. The number of rotatable bonds is 7. The summed E-state index contributed by atoms with van der Waals surface area (Å²) in [5.41, 5.74) is 1.29. The van der Waals surface area contributed by atoms with E-state index in [4.69, 9.17) is 18.9 Å². The summed E-state index contributed by atoms with van der Waals surface area (Å²) < 4.78 is 23.1. The minimum absolute atomic E-state index is 0.0149. The molecule has 2 saturated carbocycles. The third-order valence-corrected chi connectivity index (χ3v) is 8.60. The molecule has 7 atom stereocenters. The van der Waals surface area contributed by atoms with Crippen LogP contribution >= 0.6 is 0 Å². The third kappa shape index (κ3) is 3.17. The van der Waals surface area contributed by atoms with Crippen molar-refractivity contribution in [2.75, 3.05) is 27.3 Å². The van der Waals surface area contributed by atoms with Crippen LogP contribution in [0.4, 0.5) is 0 Å². The fourth-order valence-electron chi connectivity index (χ4n) is 6.99. The summed E-state index contributed by atoms with van der Waals surface area (Å²) in [5, 5.41) is 3.51. The van der Waals surface area contributed by atoms with E-state index < -0.39 is 0 Å². The van der Waals surface area contributed by atoms with E-state index in [1.54, 1.807) is 14.2 Å². The van der Waals surface area contributed by atoms with Gasteiger partial charge in [0.2, 0.25) is 0 Å². The van der Waals surface area contributed by atoms with Gasteiger partial charge in [-0.25, -0.2) is 0 Å². The predicted molar refractivity (Wildman–Crippen MR) is 116 cm³/mol. The lowest BCUT2D eigenvalue weighted by Crippen LogP contribution is -2.54. The Balaban J connectivity index is 1.21. The van der Waals surface area contributed by atoms with E-state index in [2.05, 4.69) is 25.2 Å². The first-order valence-corrected chi connectivity index (χ1v) is 11.7. The molecule has 0 aromatic heterocycles. The molecule has 1 aromatic carbocycles. The number of nitrogens with one attached hydrogen (secondary N) is 1. The van der Waals surface area contributed by atoms with Gasteiger partial charge in [0.05, 0.1) is 26.2 Å². The average molecular weight is 430 g/mol. The van der Waals surface area contributed by atoms with E-state index >= 15 is 0 Å². The maximum Gasteiger partial charge on any atom is 0.311 e. The van der Waals surface area contributed by atoms with Gasteiger partial charge in [-0.2, -0.15) is 0 Å². The molecule has 0 unspecified atom stereocenters. The second-order valence-corrected chi connectivity index (χ2v) is 10.2. The molecule has 4 fully saturated rings. The fourth-order valence-corrected chi connectivity index (χ4v) is 6.99. The number of benzene rings is 1. The van der Waals surface area contributed by atoms with Gasteiger partial charge in [0.1, 0.15) is 11.7 Å². The topological polar surface area (TPSA) is 69.3 Å². The molecular formula is C25H35NO5. The normalized spacial score (nSPS) is 40.4. The van der Waals surface area contributed by atoms with Crippen LogP contribution in [-0.4, -0.2) is 51.1 Å². The molecule has 1 N–H and O–H groups in total. The number of methoxy groups -OCH3 is 2. The minimum atomic E-state index is -0.113. The number of epoxide rings is 1. The lowest BCUT2D eigenvalue weighted by molar-refractivity contribution is -0.146. The maximum absolute atomic E-state index is 12.8. The van der Waals surface area contributed by atoms with Crippen LogP contribution in [0.25, 0.3) is 0 Å². The van der Waals surface area contributed by atoms with Crippen molar-refractivity contribution in [3.8, 4) is 11.5 Å². The van der Waals surface area contributed by atoms with Gasteiger partial charge in [-0.3, -0.25) is 4.79 Å². The van der Waals surface area contributed by atoms with Crippen LogP contribution < -0.4 is 14.8 Å². The number of hydrogen-bond acceptors (Lipinski definition) is 6. The van der Waals surface area contributed by atoms with E-state index in [-0.39, 0.29) is 41.0 Å². The highest BCUT2D eigenvalue weighted by Gasteiger charge is 2.78. The molecular weight excluding hydrogens is 394 g/mol. The van der Waals surface area contributed by atoms with E-state index in [1.165, 1.54) is 24.8 Å². The molecule has 2 aliphatic carbocycles. The first-order chi connectivity index (χ1) is 14.9. The first-order valence-electron chi connectivity index (χ1n) is 11.7. The van der Waals surface area contributed by atoms with Gasteiger partial charge < -0.3 is 24.3 Å². The lowest BCUT2D eigenvalue weighted by atomic mass is 9.53. The number of fused-ring (bicyclic) bond motifs is 2. The van der Waals surface area contributed by atoms with Gasteiger partial charge in [0, 0.05) is 17.9 Å². The van der Waals surface area contributed by atoms with Gasteiger partial charge in [-0.15, -0.1) is 0 Å². The summed E-state index contributed by atoms with van der Waals surface area (Å²) in [6.07, 6.45) is 5.66. The molecule has 4 aliphatic rings. The highest BCUT2D eigenvalue weighted by atomic mass is 16.6. The largest absolute Gasteiger partial charge is 0.493 e. The fraction of sp³-hybridized carbons (Fsp3) is 0.720. The van der Waals surface area contributed by atoms with Gasteiger partial charge in [-0.1, -0.05) is 26.3 Å². The van der Waals surface area contributed by atoms with Crippen LogP contribution in [0.5, 0.6) is 11.5 Å². The summed E-state index contributed by atoms with van der Waals surface area (Å²) in [7, 11) is 3.29. The molecule has 6 heteroatoms. The molecule has 6 nitrogen and oxygen atoms in total. The quantitative estimate of drug-likeness (QED) is 0.407. The third-order valence-electron chi connectivity index (χ3n) is 8.60. The van der Waals surface area contributed by atoms with Crippen LogP contribution in [0, 0.1) is 23.2 Å². The van der Waals surface area contributed by atoms with Gasteiger partial charge in [0.25, 0.3) is 0 Å². The van der Waals surface area contributed by atoms with Crippen LogP contribution in [0.2, 0.25) is 0 Å².